The number of anilines is 1. The molecule has 150 valence electrons. The Kier molecular flexibility index (Phi) is 6.96. The van der Waals surface area contributed by atoms with E-state index in [1.54, 1.807) is 20.8 Å². The molecule has 1 aromatic heterocycles. The summed E-state index contributed by atoms with van der Waals surface area (Å²) in [5.74, 6) is -1.50. The molecule has 2 heterocycles. The van der Waals surface area contributed by atoms with Gasteiger partial charge in [0.05, 0.1) is 35.3 Å². The first-order valence-electron chi connectivity index (χ1n) is 8.90. The van der Waals surface area contributed by atoms with E-state index in [0.717, 1.165) is 11.3 Å². The summed E-state index contributed by atoms with van der Waals surface area (Å²) in [6.45, 7) is 10.5. The van der Waals surface area contributed by atoms with Gasteiger partial charge in [-0.15, -0.1) is 11.3 Å². The second kappa shape index (κ2) is 8.81. The highest BCUT2D eigenvalue weighted by Gasteiger charge is 2.28. The minimum absolute atomic E-state index is 0.0450. The standard InChI is InChI=1S/C18H27N3O5S/c1-9(2)25-18(24)14-12(5)15(16(19)23)27-17(14)20-13(22)8-21-6-10(3)26-11(4)7-21/h9-11H,6-8H2,1-5H3,(H2,19,23)(H,20,22)/t10-,11+. The smallest absolute Gasteiger partial charge is 0.341 e. The monoisotopic (exact) mass is 397 g/mol. The highest BCUT2D eigenvalue weighted by Crippen LogP contribution is 2.33. The molecule has 0 radical (unpaired) electrons. The van der Waals surface area contributed by atoms with E-state index in [1.807, 2.05) is 18.7 Å². The second-order valence-corrected chi connectivity index (χ2v) is 8.10. The number of carbonyl (C=O) groups excluding carboxylic acids is 3. The van der Waals surface area contributed by atoms with Crippen molar-refractivity contribution in [1.82, 2.24) is 4.90 Å². The summed E-state index contributed by atoms with van der Waals surface area (Å²) in [4.78, 5) is 38.9. The number of ether oxygens (including phenoxy) is 2. The molecule has 8 nitrogen and oxygen atoms in total. The Labute approximate surface area is 163 Å². The third-order valence-electron chi connectivity index (χ3n) is 4.03. The van der Waals surface area contributed by atoms with Crippen molar-refractivity contribution in [3.05, 3.63) is 16.0 Å². The fourth-order valence-electron chi connectivity index (χ4n) is 3.14. The SMILES string of the molecule is Cc1c(C(N)=O)sc(NC(=O)CN2C[C@@H](C)O[C@@H](C)C2)c1C(=O)OC(C)C. The Bertz CT molecular complexity index is 721. The zero-order valence-corrected chi connectivity index (χ0v) is 17.1. The van der Waals surface area contributed by atoms with Crippen molar-refractivity contribution >= 4 is 34.1 Å². The van der Waals surface area contributed by atoms with Gasteiger partial charge in [0.1, 0.15) is 5.00 Å². The van der Waals surface area contributed by atoms with Gasteiger partial charge in [0.15, 0.2) is 0 Å². The van der Waals surface area contributed by atoms with Crippen LogP contribution in [0.15, 0.2) is 0 Å². The molecule has 9 heteroatoms. The van der Waals surface area contributed by atoms with Gasteiger partial charge in [-0.2, -0.15) is 0 Å². The van der Waals surface area contributed by atoms with Crippen molar-refractivity contribution in [1.29, 1.82) is 0 Å². The van der Waals surface area contributed by atoms with Crippen LogP contribution in [0.4, 0.5) is 5.00 Å². The summed E-state index contributed by atoms with van der Waals surface area (Å²) in [5.41, 5.74) is 5.99. The largest absolute Gasteiger partial charge is 0.459 e. The zero-order valence-electron chi connectivity index (χ0n) is 16.3. The molecule has 0 aromatic carbocycles. The minimum atomic E-state index is -0.646. The molecule has 0 spiro atoms. The van der Waals surface area contributed by atoms with Crippen LogP contribution in [0.5, 0.6) is 0 Å². The number of esters is 1. The average Bonchev–Trinajstić information content (AvgIpc) is 2.81. The van der Waals surface area contributed by atoms with Crippen molar-refractivity contribution in [2.24, 2.45) is 5.73 Å². The van der Waals surface area contributed by atoms with Gasteiger partial charge in [-0.25, -0.2) is 4.79 Å². The lowest BCUT2D eigenvalue weighted by atomic mass is 10.1. The topological polar surface area (TPSA) is 111 Å². The van der Waals surface area contributed by atoms with E-state index in [4.69, 9.17) is 15.2 Å². The minimum Gasteiger partial charge on any atom is -0.459 e. The average molecular weight is 397 g/mol. The van der Waals surface area contributed by atoms with E-state index < -0.39 is 11.9 Å². The lowest BCUT2D eigenvalue weighted by molar-refractivity contribution is -0.121. The maximum absolute atomic E-state index is 12.5. The van der Waals surface area contributed by atoms with Gasteiger partial charge in [-0.1, -0.05) is 0 Å². The fraction of sp³-hybridized carbons (Fsp3) is 0.611. The summed E-state index contributed by atoms with van der Waals surface area (Å²) >= 11 is 0.991. The number of hydrogen-bond donors (Lipinski definition) is 2. The number of carbonyl (C=O) groups is 3. The van der Waals surface area contributed by atoms with Crippen LogP contribution < -0.4 is 11.1 Å². The Hall–Kier alpha value is -1.97. The number of amides is 2. The first-order chi connectivity index (χ1) is 12.6. The first-order valence-corrected chi connectivity index (χ1v) is 9.72. The Balaban J connectivity index is 2.18. The summed E-state index contributed by atoms with van der Waals surface area (Å²) in [6, 6.07) is 0. The van der Waals surface area contributed by atoms with E-state index in [1.165, 1.54) is 0 Å². The molecular formula is C18H27N3O5S. The van der Waals surface area contributed by atoms with E-state index in [-0.39, 0.29) is 46.2 Å². The fourth-order valence-corrected chi connectivity index (χ4v) is 4.20. The summed E-state index contributed by atoms with van der Waals surface area (Å²) < 4.78 is 10.9. The number of hydrogen-bond acceptors (Lipinski definition) is 7. The summed E-state index contributed by atoms with van der Waals surface area (Å²) in [6.07, 6.45) is -0.235. The van der Waals surface area contributed by atoms with Crippen LogP contribution in [0.25, 0.3) is 0 Å². The molecule has 0 unspecified atom stereocenters. The quantitative estimate of drug-likeness (QED) is 0.708. The molecule has 2 atom stereocenters. The number of rotatable bonds is 6. The summed E-state index contributed by atoms with van der Waals surface area (Å²) in [7, 11) is 0. The first kappa shape index (κ1) is 21.3. The van der Waals surface area contributed by atoms with Gasteiger partial charge in [-0.3, -0.25) is 14.5 Å². The zero-order chi connectivity index (χ0) is 20.3. The van der Waals surface area contributed by atoms with Crippen LogP contribution in [0.1, 0.15) is 53.3 Å². The third-order valence-corrected chi connectivity index (χ3v) is 5.25. The number of nitrogens with one attached hydrogen (secondary N) is 1. The van der Waals surface area contributed by atoms with Crippen LogP contribution in [0.3, 0.4) is 0 Å². The molecular weight excluding hydrogens is 370 g/mol. The molecule has 0 saturated carbocycles. The molecule has 1 aromatic rings. The van der Waals surface area contributed by atoms with E-state index >= 15 is 0 Å². The lowest BCUT2D eigenvalue weighted by Gasteiger charge is -2.34. The molecule has 2 amide bonds. The highest BCUT2D eigenvalue weighted by molar-refractivity contribution is 7.18. The highest BCUT2D eigenvalue weighted by atomic mass is 32.1. The predicted octanol–water partition coefficient (Wildman–Crippen LogP) is 1.77. The Morgan fingerprint density at radius 2 is 1.89 bits per heavy atom. The lowest BCUT2D eigenvalue weighted by Crippen LogP contribution is -2.48. The molecule has 1 saturated heterocycles. The molecule has 27 heavy (non-hydrogen) atoms. The van der Waals surface area contributed by atoms with Gasteiger partial charge in [0.25, 0.3) is 5.91 Å². The van der Waals surface area contributed by atoms with Crippen LogP contribution in [-0.2, 0) is 14.3 Å². The number of thiophene rings is 1. The van der Waals surface area contributed by atoms with Crippen LogP contribution in [-0.4, -0.2) is 60.6 Å². The van der Waals surface area contributed by atoms with Gasteiger partial charge >= 0.3 is 5.97 Å². The molecule has 3 N–H and O–H groups in total. The number of primary amides is 1. The van der Waals surface area contributed by atoms with Crippen molar-refractivity contribution in [3.8, 4) is 0 Å². The van der Waals surface area contributed by atoms with E-state index in [0.29, 0.717) is 18.7 Å². The van der Waals surface area contributed by atoms with E-state index in [2.05, 4.69) is 5.32 Å². The van der Waals surface area contributed by atoms with E-state index in [9.17, 15) is 14.4 Å². The molecule has 0 aliphatic carbocycles. The van der Waals surface area contributed by atoms with Gasteiger partial charge in [0.2, 0.25) is 5.91 Å². The predicted molar refractivity (Wildman–Crippen MR) is 103 cm³/mol. The normalized spacial score (nSPS) is 20.5. The van der Waals surface area contributed by atoms with Gasteiger partial charge in [-0.05, 0) is 40.2 Å². The van der Waals surface area contributed by atoms with Crippen molar-refractivity contribution in [2.45, 2.75) is 52.9 Å². The number of morpholine rings is 1. The third kappa shape index (κ3) is 5.50. The van der Waals surface area contributed by atoms with Crippen LogP contribution in [0.2, 0.25) is 0 Å². The molecule has 2 rings (SSSR count). The number of nitrogens with zero attached hydrogens (tertiary/aromatic N) is 1. The molecule has 0 bridgehead atoms. The maximum Gasteiger partial charge on any atom is 0.341 e. The van der Waals surface area contributed by atoms with Crippen molar-refractivity contribution in [3.63, 3.8) is 0 Å². The molecule has 1 aliphatic heterocycles. The van der Waals surface area contributed by atoms with Crippen molar-refractivity contribution < 1.29 is 23.9 Å². The Morgan fingerprint density at radius 1 is 1.30 bits per heavy atom. The molecule has 1 fully saturated rings. The molecule has 1 aliphatic rings. The summed E-state index contributed by atoms with van der Waals surface area (Å²) in [5, 5.41) is 3.03. The van der Waals surface area contributed by atoms with Crippen LogP contribution in [0, 0.1) is 6.92 Å². The number of nitrogens with two attached hydrogens (primary N) is 1. The van der Waals surface area contributed by atoms with Crippen LogP contribution >= 0.6 is 11.3 Å². The Morgan fingerprint density at radius 3 is 2.41 bits per heavy atom. The maximum atomic E-state index is 12.5. The van der Waals surface area contributed by atoms with Gasteiger partial charge < -0.3 is 20.5 Å². The second-order valence-electron chi connectivity index (χ2n) is 7.08. The van der Waals surface area contributed by atoms with Crippen molar-refractivity contribution in [2.75, 3.05) is 25.0 Å². The van der Waals surface area contributed by atoms with Gasteiger partial charge in [0, 0.05) is 13.1 Å².